The molecule has 1 aliphatic carbocycles. The number of amides is 1. The largest absolute Gasteiger partial charge is 0.324 e. The quantitative estimate of drug-likeness (QED) is 0.790. The van der Waals surface area contributed by atoms with Gasteiger partial charge in [0.2, 0.25) is 5.91 Å². The van der Waals surface area contributed by atoms with Crippen LogP contribution in [0.1, 0.15) is 24.8 Å². The maximum absolute atomic E-state index is 12.5. The summed E-state index contributed by atoms with van der Waals surface area (Å²) < 4.78 is 1.86. The van der Waals surface area contributed by atoms with Gasteiger partial charge in [0.1, 0.15) is 0 Å². The fourth-order valence-corrected chi connectivity index (χ4v) is 4.84. The van der Waals surface area contributed by atoms with Crippen LogP contribution in [0.2, 0.25) is 0 Å². The molecule has 1 heterocycles. The first-order chi connectivity index (χ1) is 9.52. The number of hydrogen-bond donors (Lipinski definition) is 2. The molecule has 108 valence electrons. The van der Waals surface area contributed by atoms with Crippen molar-refractivity contribution in [3.8, 4) is 0 Å². The summed E-state index contributed by atoms with van der Waals surface area (Å²) in [5.74, 6) is 0.349. The number of anilines is 1. The van der Waals surface area contributed by atoms with Gasteiger partial charge in [-0.1, -0.05) is 0 Å². The fourth-order valence-electron chi connectivity index (χ4n) is 3.23. The summed E-state index contributed by atoms with van der Waals surface area (Å²) in [7, 11) is 0. The van der Waals surface area contributed by atoms with E-state index in [1.807, 2.05) is 19.1 Å². The topological polar surface area (TPSA) is 41.1 Å². The predicted octanol–water partition coefficient (Wildman–Crippen LogP) is 3.85. The molecule has 1 aromatic carbocycles. The van der Waals surface area contributed by atoms with Crippen LogP contribution in [0.25, 0.3) is 0 Å². The van der Waals surface area contributed by atoms with Crippen molar-refractivity contribution < 1.29 is 4.79 Å². The highest BCUT2D eigenvalue weighted by molar-refractivity contribution is 9.11. The fraction of sp³-hybridized carbons (Fsp3) is 0.533. The molecule has 1 aliphatic heterocycles. The first-order valence-electron chi connectivity index (χ1n) is 6.99. The lowest BCUT2D eigenvalue weighted by Crippen LogP contribution is -2.31. The zero-order chi connectivity index (χ0) is 14.3. The van der Waals surface area contributed by atoms with E-state index in [1.165, 1.54) is 0 Å². The molecule has 1 saturated carbocycles. The second-order valence-electron chi connectivity index (χ2n) is 5.96. The molecule has 2 N–H and O–H groups in total. The molecule has 0 radical (unpaired) electrons. The van der Waals surface area contributed by atoms with Gasteiger partial charge in [0.05, 0.1) is 5.69 Å². The van der Waals surface area contributed by atoms with Crippen LogP contribution in [0.4, 0.5) is 5.69 Å². The first-order valence-corrected chi connectivity index (χ1v) is 8.58. The SMILES string of the molecule is Cc1cc(Br)c(NC(=O)C2CC23CCNCC3)c(Br)c1. The molecule has 0 aromatic heterocycles. The van der Waals surface area contributed by atoms with Gasteiger partial charge in [0.25, 0.3) is 0 Å². The highest BCUT2D eigenvalue weighted by atomic mass is 79.9. The number of hydrogen-bond acceptors (Lipinski definition) is 2. The van der Waals surface area contributed by atoms with Crippen molar-refractivity contribution in [1.29, 1.82) is 0 Å². The monoisotopic (exact) mass is 400 g/mol. The summed E-state index contributed by atoms with van der Waals surface area (Å²) in [6, 6.07) is 4.04. The Bertz CT molecular complexity index is 530. The van der Waals surface area contributed by atoms with Gasteiger partial charge in [-0.15, -0.1) is 0 Å². The predicted molar refractivity (Wildman–Crippen MR) is 87.9 cm³/mol. The summed E-state index contributed by atoms with van der Waals surface area (Å²) in [5.41, 5.74) is 2.28. The Balaban J connectivity index is 1.72. The Morgan fingerprint density at radius 2 is 1.90 bits per heavy atom. The third-order valence-electron chi connectivity index (χ3n) is 4.54. The first kappa shape index (κ1) is 14.5. The summed E-state index contributed by atoms with van der Waals surface area (Å²) in [5, 5.41) is 6.45. The molecule has 1 atom stereocenters. The van der Waals surface area contributed by atoms with E-state index in [9.17, 15) is 4.79 Å². The normalized spacial score (nSPS) is 23.6. The van der Waals surface area contributed by atoms with Crippen LogP contribution in [-0.2, 0) is 4.79 Å². The molecular formula is C15H18Br2N2O. The molecule has 5 heteroatoms. The van der Waals surface area contributed by atoms with Crippen molar-refractivity contribution in [3.05, 3.63) is 26.6 Å². The molecule has 2 aliphatic rings. The average Bonchev–Trinajstić information content (AvgIpc) is 3.08. The zero-order valence-electron chi connectivity index (χ0n) is 11.4. The molecule has 2 fully saturated rings. The van der Waals surface area contributed by atoms with Gasteiger partial charge in [-0.05, 0) is 94.2 Å². The number of aryl methyl sites for hydroxylation is 1. The molecule has 3 nitrogen and oxygen atoms in total. The number of piperidine rings is 1. The van der Waals surface area contributed by atoms with Crippen LogP contribution < -0.4 is 10.6 Å². The molecule has 20 heavy (non-hydrogen) atoms. The van der Waals surface area contributed by atoms with E-state index >= 15 is 0 Å². The Morgan fingerprint density at radius 1 is 1.30 bits per heavy atom. The van der Waals surface area contributed by atoms with Crippen molar-refractivity contribution in [3.63, 3.8) is 0 Å². The number of carbonyl (C=O) groups excluding carboxylic acids is 1. The third kappa shape index (κ3) is 2.68. The van der Waals surface area contributed by atoms with Crippen LogP contribution in [0, 0.1) is 18.3 Å². The maximum atomic E-state index is 12.5. The highest BCUT2D eigenvalue weighted by Gasteiger charge is 2.57. The molecule has 1 aromatic rings. The van der Waals surface area contributed by atoms with Gasteiger partial charge < -0.3 is 10.6 Å². The van der Waals surface area contributed by atoms with Gasteiger partial charge >= 0.3 is 0 Å². The van der Waals surface area contributed by atoms with Crippen molar-refractivity contribution >= 4 is 43.5 Å². The Hall–Kier alpha value is -0.390. The minimum absolute atomic E-state index is 0.164. The van der Waals surface area contributed by atoms with E-state index in [0.717, 1.165) is 52.5 Å². The molecular weight excluding hydrogens is 384 g/mol. The number of nitrogens with one attached hydrogen (secondary N) is 2. The van der Waals surface area contributed by atoms with Crippen molar-refractivity contribution in [1.82, 2.24) is 5.32 Å². The lowest BCUT2D eigenvalue weighted by molar-refractivity contribution is -0.118. The Labute approximate surface area is 136 Å². The van der Waals surface area contributed by atoms with E-state index in [-0.39, 0.29) is 17.2 Å². The lowest BCUT2D eigenvalue weighted by Gasteiger charge is -2.23. The number of rotatable bonds is 2. The van der Waals surface area contributed by atoms with E-state index < -0.39 is 0 Å². The van der Waals surface area contributed by atoms with Crippen molar-refractivity contribution in [2.75, 3.05) is 18.4 Å². The van der Waals surface area contributed by atoms with Crippen LogP contribution in [0.15, 0.2) is 21.1 Å². The van der Waals surface area contributed by atoms with Crippen molar-refractivity contribution in [2.24, 2.45) is 11.3 Å². The molecule has 3 rings (SSSR count). The van der Waals surface area contributed by atoms with Gasteiger partial charge in [0.15, 0.2) is 0 Å². The van der Waals surface area contributed by atoms with Gasteiger partial charge in [-0.3, -0.25) is 4.79 Å². The van der Waals surface area contributed by atoms with E-state index in [0.29, 0.717) is 0 Å². The smallest absolute Gasteiger partial charge is 0.228 e. The molecule has 0 bridgehead atoms. The van der Waals surface area contributed by atoms with Gasteiger partial charge in [-0.2, -0.15) is 0 Å². The summed E-state index contributed by atoms with van der Waals surface area (Å²) in [6.07, 6.45) is 3.30. The van der Waals surface area contributed by atoms with Crippen LogP contribution in [-0.4, -0.2) is 19.0 Å². The second-order valence-corrected chi connectivity index (χ2v) is 7.67. The molecule has 1 unspecified atom stereocenters. The van der Waals surface area contributed by atoms with E-state index in [2.05, 4.69) is 42.5 Å². The van der Waals surface area contributed by atoms with E-state index in [4.69, 9.17) is 0 Å². The number of halogens is 2. The van der Waals surface area contributed by atoms with Crippen LogP contribution in [0.5, 0.6) is 0 Å². The Kier molecular flexibility index (Phi) is 3.95. The summed E-state index contributed by atoms with van der Waals surface area (Å²) >= 11 is 7.06. The van der Waals surface area contributed by atoms with Gasteiger partial charge in [0, 0.05) is 14.9 Å². The van der Waals surface area contributed by atoms with Crippen molar-refractivity contribution in [2.45, 2.75) is 26.2 Å². The van der Waals surface area contributed by atoms with Crippen LogP contribution >= 0.6 is 31.9 Å². The number of carbonyl (C=O) groups is 1. The number of benzene rings is 1. The maximum Gasteiger partial charge on any atom is 0.228 e. The summed E-state index contributed by atoms with van der Waals surface area (Å²) in [6.45, 7) is 4.12. The Morgan fingerprint density at radius 3 is 2.50 bits per heavy atom. The standard InChI is InChI=1S/C15H18Br2N2O/c1-9-6-11(16)13(12(17)7-9)19-14(20)10-8-15(10)2-4-18-5-3-15/h6-7,10,18H,2-5,8H2,1H3,(H,19,20). The van der Waals surface area contributed by atoms with E-state index in [1.54, 1.807) is 0 Å². The summed E-state index contributed by atoms with van der Waals surface area (Å²) in [4.78, 5) is 12.5. The third-order valence-corrected chi connectivity index (χ3v) is 5.79. The van der Waals surface area contributed by atoms with Gasteiger partial charge in [-0.25, -0.2) is 0 Å². The van der Waals surface area contributed by atoms with Crippen LogP contribution in [0.3, 0.4) is 0 Å². The minimum atomic E-state index is 0.164. The molecule has 1 spiro atoms. The zero-order valence-corrected chi connectivity index (χ0v) is 14.6. The minimum Gasteiger partial charge on any atom is -0.324 e. The average molecular weight is 402 g/mol. The molecule has 1 amide bonds. The second kappa shape index (κ2) is 5.43. The molecule has 1 saturated heterocycles. The lowest BCUT2D eigenvalue weighted by atomic mass is 9.92. The highest BCUT2D eigenvalue weighted by Crippen LogP contribution is 2.59.